The van der Waals surface area contributed by atoms with Gasteiger partial charge in [-0.15, -0.1) is 0 Å². The minimum atomic E-state index is -0.0798. The van der Waals surface area contributed by atoms with Crippen LogP contribution < -0.4 is 5.32 Å². The summed E-state index contributed by atoms with van der Waals surface area (Å²) in [4.78, 5) is 26.0. The summed E-state index contributed by atoms with van der Waals surface area (Å²) in [6, 6.07) is 6.94. The van der Waals surface area contributed by atoms with E-state index in [1.54, 1.807) is 24.3 Å². The van der Waals surface area contributed by atoms with Crippen molar-refractivity contribution in [2.24, 2.45) is 0 Å². The number of carbonyl (C=O) groups is 2. The molecule has 0 aliphatic carbocycles. The Morgan fingerprint density at radius 3 is 2.25 bits per heavy atom. The summed E-state index contributed by atoms with van der Waals surface area (Å²) in [5.74, 6) is -0.00552. The van der Waals surface area contributed by atoms with E-state index in [0.29, 0.717) is 17.7 Å². The van der Waals surface area contributed by atoms with Crippen LogP contribution in [-0.4, -0.2) is 36.3 Å². The number of hydrogen-bond donors (Lipinski definition) is 1. The van der Waals surface area contributed by atoms with E-state index in [-0.39, 0.29) is 11.8 Å². The second-order valence-electron chi connectivity index (χ2n) is 5.19. The van der Waals surface area contributed by atoms with Crippen LogP contribution in [0.2, 0.25) is 0 Å². The van der Waals surface area contributed by atoms with Crippen LogP contribution in [-0.2, 0) is 0 Å². The van der Waals surface area contributed by atoms with Gasteiger partial charge in [-0.05, 0) is 49.9 Å². The Hall–Kier alpha value is -1.84. The average molecular weight is 274 g/mol. The van der Waals surface area contributed by atoms with Crippen LogP contribution in [0.4, 0.5) is 0 Å². The number of benzene rings is 1. The second kappa shape index (κ2) is 7.08. The van der Waals surface area contributed by atoms with Gasteiger partial charge in [0.1, 0.15) is 0 Å². The standard InChI is InChI=1S/C16H22N2O2/c1-2-10-17-15(19)13-6-8-14(9-7-13)16(20)18-11-4-3-5-12-18/h6-9H,2-5,10-12H2,1H3,(H,17,19). The molecular weight excluding hydrogens is 252 g/mol. The molecule has 2 rings (SSSR count). The average Bonchev–Trinajstić information content (AvgIpc) is 2.53. The van der Waals surface area contributed by atoms with Crippen LogP contribution in [0.1, 0.15) is 53.3 Å². The maximum absolute atomic E-state index is 12.3. The van der Waals surface area contributed by atoms with Crippen LogP contribution in [0.5, 0.6) is 0 Å². The predicted molar refractivity (Wildman–Crippen MR) is 78.8 cm³/mol. The molecule has 0 radical (unpaired) electrons. The molecule has 1 saturated heterocycles. The molecule has 0 bridgehead atoms. The zero-order valence-electron chi connectivity index (χ0n) is 12.0. The Balaban J connectivity index is 2.00. The number of rotatable bonds is 4. The first-order chi connectivity index (χ1) is 9.72. The van der Waals surface area contributed by atoms with Gasteiger partial charge >= 0.3 is 0 Å². The lowest BCUT2D eigenvalue weighted by Gasteiger charge is -2.26. The first-order valence-corrected chi connectivity index (χ1v) is 7.40. The Labute approximate surface area is 120 Å². The monoisotopic (exact) mass is 274 g/mol. The van der Waals surface area contributed by atoms with Gasteiger partial charge in [-0.1, -0.05) is 6.92 Å². The summed E-state index contributed by atoms with van der Waals surface area (Å²) in [5, 5.41) is 2.83. The normalized spacial score (nSPS) is 14.9. The fourth-order valence-corrected chi connectivity index (χ4v) is 2.38. The van der Waals surface area contributed by atoms with Crippen LogP contribution in [0.15, 0.2) is 24.3 Å². The molecule has 1 aromatic carbocycles. The molecule has 1 aromatic rings. The zero-order valence-corrected chi connectivity index (χ0v) is 12.0. The summed E-state index contributed by atoms with van der Waals surface area (Å²) in [5.41, 5.74) is 1.27. The van der Waals surface area contributed by atoms with E-state index in [9.17, 15) is 9.59 Å². The van der Waals surface area contributed by atoms with Crippen molar-refractivity contribution in [3.63, 3.8) is 0 Å². The molecule has 0 saturated carbocycles. The molecule has 20 heavy (non-hydrogen) atoms. The first-order valence-electron chi connectivity index (χ1n) is 7.40. The molecule has 1 N–H and O–H groups in total. The molecule has 1 aliphatic heterocycles. The fourth-order valence-electron chi connectivity index (χ4n) is 2.38. The molecule has 1 heterocycles. The number of amides is 2. The van der Waals surface area contributed by atoms with Gasteiger partial charge in [0, 0.05) is 30.8 Å². The highest BCUT2D eigenvalue weighted by Crippen LogP contribution is 2.13. The third kappa shape index (κ3) is 3.59. The molecule has 4 nitrogen and oxygen atoms in total. The van der Waals surface area contributed by atoms with Crippen molar-refractivity contribution in [1.82, 2.24) is 10.2 Å². The summed E-state index contributed by atoms with van der Waals surface area (Å²) in [7, 11) is 0. The largest absolute Gasteiger partial charge is 0.352 e. The quantitative estimate of drug-likeness (QED) is 0.917. The highest BCUT2D eigenvalue weighted by atomic mass is 16.2. The van der Waals surface area contributed by atoms with Gasteiger partial charge in [0.2, 0.25) is 0 Å². The highest BCUT2D eigenvalue weighted by Gasteiger charge is 2.18. The van der Waals surface area contributed by atoms with E-state index in [2.05, 4.69) is 5.32 Å². The van der Waals surface area contributed by atoms with Crippen molar-refractivity contribution >= 4 is 11.8 Å². The molecule has 0 atom stereocenters. The van der Waals surface area contributed by atoms with Crippen molar-refractivity contribution in [2.45, 2.75) is 32.6 Å². The third-order valence-corrected chi connectivity index (χ3v) is 3.57. The molecule has 2 amide bonds. The second-order valence-corrected chi connectivity index (χ2v) is 5.19. The lowest BCUT2D eigenvalue weighted by atomic mass is 10.1. The minimum Gasteiger partial charge on any atom is -0.352 e. The number of carbonyl (C=O) groups excluding carboxylic acids is 2. The van der Waals surface area contributed by atoms with E-state index in [0.717, 1.165) is 32.4 Å². The van der Waals surface area contributed by atoms with Gasteiger partial charge in [-0.3, -0.25) is 9.59 Å². The number of nitrogens with zero attached hydrogens (tertiary/aromatic N) is 1. The van der Waals surface area contributed by atoms with E-state index >= 15 is 0 Å². The van der Waals surface area contributed by atoms with Gasteiger partial charge in [0.15, 0.2) is 0 Å². The molecule has 1 aliphatic rings. The lowest BCUT2D eigenvalue weighted by Crippen LogP contribution is -2.35. The van der Waals surface area contributed by atoms with Gasteiger partial charge < -0.3 is 10.2 Å². The number of nitrogens with one attached hydrogen (secondary N) is 1. The number of likely N-dealkylation sites (tertiary alicyclic amines) is 1. The topological polar surface area (TPSA) is 49.4 Å². The van der Waals surface area contributed by atoms with Crippen molar-refractivity contribution < 1.29 is 9.59 Å². The van der Waals surface area contributed by atoms with Gasteiger partial charge in [0.05, 0.1) is 0 Å². The Morgan fingerprint density at radius 2 is 1.65 bits per heavy atom. The van der Waals surface area contributed by atoms with E-state index < -0.39 is 0 Å². The fraction of sp³-hybridized carbons (Fsp3) is 0.500. The molecule has 1 fully saturated rings. The number of piperidine rings is 1. The molecule has 4 heteroatoms. The van der Waals surface area contributed by atoms with Crippen molar-refractivity contribution in [3.05, 3.63) is 35.4 Å². The molecule has 108 valence electrons. The zero-order chi connectivity index (χ0) is 14.4. The summed E-state index contributed by atoms with van der Waals surface area (Å²) < 4.78 is 0. The summed E-state index contributed by atoms with van der Waals surface area (Å²) in [6.45, 7) is 4.38. The summed E-state index contributed by atoms with van der Waals surface area (Å²) in [6.07, 6.45) is 4.30. The van der Waals surface area contributed by atoms with E-state index in [1.165, 1.54) is 6.42 Å². The first kappa shape index (κ1) is 14.6. The van der Waals surface area contributed by atoms with Crippen molar-refractivity contribution in [3.8, 4) is 0 Å². The maximum Gasteiger partial charge on any atom is 0.253 e. The van der Waals surface area contributed by atoms with Crippen LogP contribution in [0.25, 0.3) is 0 Å². The Kier molecular flexibility index (Phi) is 5.16. The molecule has 0 spiro atoms. The molecular formula is C16H22N2O2. The Bertz CT molecular complexity index is 462. The van der Waals surface area contributed by atoms with Crippen LogP contribution in [0, 0.1) is 0 Å². The summed E-state index contributed by atoms with van der Waals surface area (Å²) >= 11 is 0. The van der Waals surface area contributed by atoms with Gasteiger partial charge in [-0.2, -0.15) is 0 Å². The molecule has 0 unspecified atom stereocenters. The van der Waals surface area contributed by atoms with Crippen LogP contribution >= 0.6 is 0 Å². The third-order valence-electron chi connectivity index (χ3n) is 3.57. The molecule has 0 aromatic heterocycles. The SMILES string of the molecule is CCCNC(=O)c1ccc(C(=O)N2CCCCC2)cc1. The smallest absolute Gasteiger partial charge is 0.253 e. The van der Waals surface area contributed by atoms with Gasteiger partial charge in [0.25, 0.3) is 11.8 Å². The van der Waals surface area contributed by atoms with E-state index in [1.807, 2.05) is 11.8 Å². The Morgan fingerprint density at radius 1 is 1.05 bits per heavy atom. The minimum absolute atomic E-state index is 0.0743. The maximum atomic E-state index is 12.3. The lowest BCUT2D eigenvalue weighted by molar-refractivity contribution is 0.0724. The van der Waals surface area contributed by atoms with Gasteiger partial charge in [-0.25, -0.2) is 0 Å². The highest BCUT2D eigenvalue weighted by molar-refractivity contribution is 5.97. The predicted octanol–water partition coefficient (Wildman–Crippen LogP) is 2.45. The van der Waals surface area contributed by atoms with Crippen molar-refractivity contribution in [1.29, 1.82) is 0 Å². The van der Waals surface area contributed by atoms with E-state index in [4.69, 9.17) is 0 Å². The van der Waals surface area contributed by atoms with Crippen molar-refractivity contribution in [2.75, 3.05) is 19.6 Å². The number of hydrogen-bond acceptors (Lipinski definition) is 2. The van der Waals surface area contributed by atoms with Crippen LogP contribution in [0.3, 0.4) is 0 Å².